The second kappa shape index (κ2) is 7.46. The SMILES string of the molecule is CC(C)CCOc1c(Cl)cc(CNC(=O)O)cc1Cl. The first-order chi connectivity index (χ1) is 8.90. The molecule has 6 heteroatoms. The Labute approximate surface area is 122 Å². The first kappa shape index (κ1) is 15.9. The first-order valence-corrected chi connectivity index (χ1v) is 6.73. The zero-order valence-electron chi connectivity index (χ0n) is 10.9. The van der Waals surface area contributed by atoms with Crippen LogP contribution in [0, 0.1) is 5.92 Å². The molecular formula is C13H17Cl2NO3. The predicted octanol–water partition coefficient (Wildman–Crippen LogP) is 4.19. The van der Waals surface area contributed by atoms with Gasteiger partial charge >= 0.3 is 6.09 Å². The summed E-state index contributed by atoms with van der Waals surface area (Å²) in [6.07, 6.45) is -0.181. The number of benzene rings is 1. The van der Waals surface area contributed by atoms with Gasteiger partial charge in [0.2, 0.25) is 0 Å². The van der Waals surface area contributed by atoms with Gasteiger partial charge in [0.25, 0.3) is 0 Å². The smallest absolute Gasteiger partial charge is 0.404 e. The van der Waals surface area contributed by atoms with E-state index in [0.29, 0.717) is 33.9 Å². The third kappa shape index (κ3) is 5.57. The van der Waals surface area contributed by atoms with Gasteiger partial charge in [-0.05, 0) is 30.0 Å². The lowest BCUT2D eigenvalue weighted by Gasteiger charge is -2.12. The summed E-state index contributed by atoms with van der Waals surface area (Å²) in [5, 5.41) is 11.6. The van der Waals surface area contributed by atoms with Gasteiger partial charge in [0, 0.05) is 6.54 Å². The van der Waals surface area contributed by atoms with E-state index in [1.807, 2.05) is 0 Å². The molecule has 0 fully saturated rings. The maximum atomic E-state index is 10.4. The molecule has 1 aromatic rings. The molecule has 0 aliphatic rings. The Bertz CT molecular complexity index is 427. The third-order valence-electron chi connectivity index (χ3n) is 2.44. The van der Waals surface area contributed by atoms with Gasteiger partial charge in [0.05, 0.1) is 16.7 Å². The van der Waals surface area contributed by atoms with Crippen LogP contribution in [0.25, 0.3) is 0 Å². The van der Waals surface area contributed by atoms with Crippen molar-refractivity contribution >= 4 is 29.3 Å². The molecule has 4 nitrogen and oxygen atoms in total. The Kier molecular flexibility index (Phi) is 6.25. The van der Waals surface area contributed by atoms with Gasteiger partial charge in [-0.15, -0.1) is 0 Å². The van der Waals surface area contributed by atoms with Gasteiger partial charge in [0.1, 0.15) is 0 Å². The lowest BCUT2D eigenvalue weighted by Crippen LogP contribution is -2.19. The van der Waals surface area contributed by atoms with Crippen molar-refractivity contribution in [1.82, 2.24) is 5.32 Å². The highest BCUT2D eigenvalue weighted by Crippen LogP contribution is 2.34. The van der Waals surface area contributed by atoms with Gasteiger partial charge in [-0.25, -0.2) is 4.79 Å². The van der Waals surface area contributed by atoms with Crippen molar-refractivity contribution in [3.05, 3.63) is 27.7 Å². The summed E-state index contributed by atoms with van der Waals surface area (Å²) in [6.45, 7) is 4.91. The summed E-state index contributed by atoms with van der Waals surface area (Å²) >= 11 is 12.2. The number of carboxylic acid groups (broad SMARTS) is 1. The second-order valence-corrected chi connectivity index (χ2v) is 5.39. The van der Waals surface area contributed by atoms with Crippen molar-refractivity contribution < 1.29 is 14.6 Å². The number of hydrogen-bond acceptors (Lipinski definition) is 2. The Balaban J connectivity index is 2.71. The quantitative estimate of drug-likeness (QED) is 0.828. The fraction of sp³-hybridized carbons (Fsp3) is 0.462. The van der Waals surface area contributed by atoms with Crippen molar-refractivity contribution in [2.75, 3.05) is 6.61 Å². The maximum absolute atomic E-state index is 10.4. The van der Waals surface area contributed by atoms with Crippen LogP contribution in [0.4, 0.5) is 4.79 Å². The van der Waals surface area contributed by atoms with E-state index >= 15 is 0 Å². The van der Waals surface area contributed by atoms with Crippen molar-refractivity contribution in [1.29, 1.82) is 0 Å². The van der Waals surface area contributed by atoms with Crippen LogP contribution in [0.15, 0.2) is 12.1 Å². The lowest BCUT2D eigenvalue weighted by atomic mass is 10.1. The molecule has 0 unspecified atom stereocenters. The van der Waals surface area contributed by atoms with E-state index in [2.05, 4.69) is 19.2 Å². The van der Waals surface area contributed by atoms with E-state index < -0.39 is 6.09 Å². The van der Waals surface area contributed by atoms with Crippen LogP contribution in [0.3, 0.4) is 0 Å². The number of rotatable bonds is 6. The summed E-state index contributed by atoms with van der Waals surface area (Å²) in [5.74, 6) is 0.986. The topological polar surface area (TPSA) is 58.6 Å². The average molecular weight is 306 g/mol. The van der Waals surface area contributed by atoms with E-state index in [-0.39, 0.29) is 6.54 Å². The number of halogens is 2. The van der Waals surface area contributed by atoms with Gasteiger partial charge in [0.15, 0.2) is 5.75 Å². The molecule has 0 aliphatic carbocycles. The van der Waals surface area contributed by atoms with Crippen LogP contribution >= 0.6 is 23.2 Å². The minimum atomic E-state index is -1.09. The Morgan fingerprint density at radius 3 is 2.42 bits per heavy atom. The second-order valence-electron chi connectivity index (χ2n) is 4.58. The molecule has 1 amide bonds. The molecule has 0 aromatic heterocycles. The molecule has 106 valence electrons. The molecule has 0 saturated carbocycles. The number of amides is 1. The van der Waals surface area contributed by atoms with E-state index in [0.717, 1.165) is 6.42 Å². The lowest BCUT2D eigenvalue weighted by molar-refractivity contribution is 0.194. The number of hydrogen-bond donors (Lipinski definition) is 2. The van der Waals surface area contributed by atoms with Gasteiger partial charge in [-0.2, -0.15) is 0 Å². The molecule has 1 rings (SSSR count). The molecule has 0 aliphatic heterocycles. The average Bonchev–Trinajstić information content (AvgIpc) is 2.29. The van der Waals surface area contributed by atoms with Gasteiger partial charge in [-0.3, -0.25) is 0 Å². The monoisotopic (exact) mass is 305 g/mol. The summed E-state index contributed by atoms with van der Waals surface area (Å²) in [7, 11) is 0. The summed E-state index contributed by atoms with van der Waals surface area (Å²) in [5.41, 5.74) is 0.689. The van der Waals surface area contributed by atoms with Gasteiger partial charge < -0.3 is 15.2 Å². The minimum Gasteiger partial charge on any atom is -0.490 e. The maximum Gasteiger partial charge on any atom is 0.404 e. The molecule has 0 radical (unpaired) electrons. The van der Waals surface area contributed by atoms with E-state index in [4.69, 9.17) is 33.0 Å². The summed E-state index contributed by atoms with van der Waals surface area (Å²) in [6, 6.07) is 3.29. The van der Waals surface area contributed by atoms with E-state index in [9.17, 15) is 4.79 Å². The highest BCUT2D eigenvalue weighted by Gasteiger charge is 2.10. The zero-order chi connectivity index (χ0) is 14.4. The molecular weight excluding hydrogens is 289 g/mol. The molecule has 0 heterocycles. The molecule has 0 saturated heterocycles. The van der Waals surface area contributed by atoms with Crippen molar-refractivity contribution in [3.63, 3.8) is 0 Å². The molecule has 2 N–H and O–H groups in total. The number of nitrogens with one attached hydrogen (secondary N) is 1. The zero-order valence-corrected chi connectivity index (χ0v) is 12.4. The standard InChI is InChI=1S/C13H17Cl2NO3/c1-8(2)3-4-19-12-10(14)5-9(6-11(12)15)7-16-13(17)18/h5-6,8,16H,3-4,7H2,1-2H3,(H,17,18). The molecule has 0 bridgehead atoms. The normalized spacial score (nSPS) is 10.6. The Hall–Kier alpha value is -1.13. The minimum absolute atomic E-state index is 0.154. The molecule has 0 spiro atoms. The third-order valence-corrected chi connectivity index (χ3v) is 3.00. The highest BCUT2D eigenvalue weighted by molar-refractivity contribution is 6.37. The Morgan fingerprint density at radius 1 is 1.37 bits per heavy atom. The van der Waals surface area contributed by atoms with Crippen LogP contribution in [-0.4, -0.2) is 17.8 Å². The predicted molar refractivity (Wildman–Crippen MR) is 76.3 cm³/mol. The highest BCUT2D eigenvalue weighted by atomic mass is 35.5. The first-order valence-electron chi connectivity index (χ1n) is 5.97. The fourth-order valence-electron chi connectivity index (χ4n) is 1.43. The van der Waals surface area contributed by atoms with E-state index in [1.165, 1.54) is 0 Å². The molecule has 1 aromatic carbocycles. The summed E-state index contributed by atoms with van der Waals surface area (Å²) in [4.78, 5) is 10.4. The summed E-state index contributed by atoms with van der Waals surface area (Å²) < 4.78 is 5.56. The van der Waals surface area contributed by atoms with Gasteiger partial charge in [-0.1, -0.05) is 37.0 Å². The molecule has 0 atom stereocenters. The largest absolute Gasteiger partial charge is 0.490 e. The van der Waals surface area contributed by atoms with Crippen LogP contribution in [0.5, 0.6) is 5.75 Å². The van der Waals surface area contributed by atoms with Crippen molar-refractivity contribution in [2.45, 2.75) is 26.8 Å². The van der Waals surface area contributed by atoms with Crippen molar-refractivity contribution in [3.8, 4) is 5.75 Å². The Morgan fingerprint density at radius 2 is 1.95 bits per heavy atom. The van der Waals surface area contributed by atoms with E-state index in [1.54, 1.807) is 12.1 Å². The number of ether oxygens (including phenoxy) is 1. The fourth-order valence-corrected chi connectivity index (χ4v) is 2.07. The molecule has 19 heavy (non-hydrogen) atoms. The van der Waals surface area contributed by atoms with Crippen LogP contribution in [0.2, 0.25) is 10.0 Å². The van der Waals surface area contributed by atoms with Crippen LogP contribution in [0.1, 0.15) is 25.8 Å². The van der Waals surface area contributed by atoms with Crippen LogP contribution in [-0.2, 0) is 6.54 Å². The number of carbonyl (C=O) groups is 1. The van der Waals surface area contributed by atoms with Crippen LogP contribution < -0.4 is 10.1 Å². The van der Waals surface area contributed by atoms with Crippen molar-refractivity contribution in [2.24, 2.45) is 5.92 Å².